The maximum atomic E-state index is 11.4. The smallest absolute Gasteiger partial charge is 0.153 e. The van der Waals surface area contributed by atoms with Gasteiger partial charge in [0.1, 0.15) is 11.5 Å². The first-order chi connectivity index (χ1) is 11.7. The van der Waals surface area contributed by atoms with Gasteiger partial charge in [0, 0.05) is 11.6 Å². The van der Waals surface area contributed by atoms with Crippen LogP contribution in [0.2, 0.25) is 5.02 Å². The van der Waals surface area contributed by atoms with Crippen molar-refractivity contribution in [3.8, 4) is 28.4 Å². The predicted molar refractivity (Wildman–Crippen MR) is 92.5 cm³/mol. The summed E-state index contributed by atoms with van der Waals surface area (Å²) in [7, 11) is 3.07. The summed E-state index contributed by atoms with van der Waals surface area (Å²) in [5.41, 5.74) is 2.65. The van der Waals surface area contributed by atoms with Gasteiger partial charge in [-0.3, -0.25) is 4.79 Å². The molecule has 0 saturated heterocycles. The van der Waals surface area contributed by atoms with Crippen molar-refractivity contribution in [3.63, 3.8) is 0 Å². The molecule has 3 rings (SSSR count). The van der Waals surface area contributed by atoms with Crippen LogP contribution in [0.5, 0.6) is 11.5 Å². The van der Waals surface area contributed by atoms with E-state index in [0.717, 1.165) is 23.2 Å². The molecule has 3 aromatic rings. The number of carbonyl (C=O) groups is 1. The Morgan fingerprint density at radius 3 is 2.50 bits per heavy atom. The molecule has 0 aliphatic rings. The number of hydrogen-bond acceptors (Lipinski definition) is 4. The third-order valence-electron chi connectivity index (χ3n) is 3.68. The number of ether oxygens (including phenoxy) is 2. The molecule has 0 N–H and O–H groups in total. The minimum atomic E-state index is 0.431. The van der Waals surface area contributed by atoms with Crippen LogP contribution in [0.1, 0.15) is 10.4 Å². The van der Waals surface area contributed by atoms with Crippen molar-refractivity contribution < 1.29 is 14.3 Å². The van der Waals surface area contributed by atoms with Gasteiger partial charge in [-0.15, -0.1) is 0 Å². The summed E-state index contributed by atoms with van der Waals surface area (Å²) in [4.78, 5) is 11.4. The Morgan fingerprint density at radius 2 is 1.83 bits per heavy atom. The maximum Gasteiger partial charge on any atom is 0.153 e. The van der Waals surface area contributed by atoms with Gasteiger partial charge >= 0.3 is 0 Å². The summed E-state index contributed by atoms with van der Waals surface area (Å²) in [6.07, 6.45) is 2.42. The number of nitrogens with zero attached hydrogens (tertiary/aromatic N) is 2. The number of para-hydroxylation sites is 1. The van der Waals surface area contributed by atoms with Gasteiger partial charge in [0.25, 0.3) is 0 Å². The van der Waals surface area contributed by atoms with Crippen LogP contribution in [0.4, 0.5) is 0 Å². The lowest BCUT2D eigenvalue weighted by Crippen LogP contribution is -2.02. The average molecular weight is 343 g/mol. The van der Waals surface area contributed by atoms with Gasteiger partial charge < -0.3 is 9.47 Å². The zero-order valence-electron chi connectivity index (χ0n) is 13.2. The Kier molecular flexibility index (Phi) is 4.53. The Bertz CT molecular complexity index is 890. The quantitative estimate of drug-likeness (QED) is 0.657. The molecule has 0 aliphatic heterocycles. The van der Waals surface area contributed by atoms with E-state index in [0.29, 0.717) is 22.1 Å². The third kappa shape index (κ3) is 2.74. The zero-order valence-corrected chi connectivity index (χ0v) is 13.9. The van der Waals surface area contributed by atoms with Gasteiger partial charge in [-0.1, -0.05) is 23.7 Å². The minimum Gasteiger partial charge on any atom is -0.496 e. The van der Waals surface area contributed by atoms with E-state index in [4.69, 9.17) is 21.1 Å². The van der Waals surface area contributed by atoms with Crippen LogP contribution in [0, 0.1) is 0 Å². The Balaban J connectivity index is 2.23. The van der Waals surface area contributed by atoms with Crippen molar-refractivity contribution >= 4 is 17.9 Å². The third-order valence-corrected chi connectivity index (χ3v) is 4.00. The number of halogens is 1. The molecule has 0 spiro atoms. The van der Waals surface area contributed by atoms with E-state index < -0.39 is 0 Å². The lowest BCUT2D eigenvalue weighted by atomic mass is 10.1. The molecule has 0 atom stereocenters. The van der Waals surface area contributed by atoms with Crippen molar-refractivity contribution in [3.05, 3.63) is 59.2 Å². The van der Waals surface area contributed by atoms with Crippen molar-refractivity contribution in [2.75, 3.05) is 14.2 Å². The highest BCUT2D eigenvalue weighted by Gasteiger charge is 2.17. The largest absolute Gasteiger partial charge is 0.496 e. The number of methoxy groups -OCH3 is 2. The zero-order chi connectivity index (χ0) is 17.1. The molecule has 122 valence electrons. The second-order valence-corrected chi connectivity index (χ2v) is 5.40. The summed E-state index contributed by atoms with van der Waals surface area (Å²) >= 11 is 6.29. The van der Waals surface area contributed by atoms with Crippen molar-refractivity contribution in [2.24, 2.45) is 0 Å². The molecule has 0 fully saturated rings. The van der Waals surface area contributed by atoms with Gasteiger partial charge in [0.15, 0.2) is 6.29 Å². The molecular weight excluding hydrogens is 328 g/mol. The second kappa shape index (κ2) is 6.76. The highest BCUT2D eigenvalue weighted by Crippen LogP contribution is 2.37. The molecule has 0 aliphatic carbocycles. The molecule has 0 bridgehead atoms. The molecule has 0 amide bonds. The number of hydrogen-bond donors (Lipinski definition) is 0. The van der Waals surface area contributed by atoms with Crippen LogP contribution in [-0.2, 0) is 0 Å². The predicted octanol–water partition coefficient (Wildman–Crippen LogP) is 4.02. The van der Waals surface area contributed by atoms with E-state index in [9.17, 15) is 4.79 Å². The average Bonchev–Trinajstić information content (AvgIpc) is 3.10. The van der Waals surface area contributed by atoms with Crippen LogP contribution < -0.4 is 9.47 Å². The van der Waals surface area contributed by atoms with E-state index in [1.165, 1.54) is 7.11 Å². The number of benzene rings is 2. The molecule has 1 aromatic heterocycles. The van der Waals surface area contributed by atoms with Gasteiger partial charge in [0.2, 0.25) is 0 Å². The molecule has 6 heteroatoms. The van der Waals surface area contributed by atoms with E-state index in [-0.39, 0.29) is 0 Å². The molecule has 5 nitrogen and oxygen atoms in total. The molecule has 0 unspecified atom stereocenters. The van der Waals surface area contributed by atoms with Gasteiger partial charge in [-0.05, 0) is 24.3 Å². The molecule has 0 radical (unpaired) electrons. The molecule has 0 saturated carbocycles. The maximum absolute atomic E-state index is 11.4. The SMILES string of the molecule is COc1cc(OC)c(-c2ccnn2-c2ccccc2Cl)cc1C=O. The lowest BCUT2D eigenvalue weighted by molar-refractivity contribution is 0.112. The highest BCUT2D eigenvalue weighted by molar-refractivity contribution is 6.32. The number of aldehydes is 1. The van der Waals surface area contributed by atoms with Crippen LogP contribution in [0.3, 0.4) is 0 Å². The highest BCUT2D eigenvalue weighted by atomic mass is 35.5. The van der Waals surface area contributed by atoms with Gasteiger partial charge in [-0.25, -0.2) is 4.68 Å². The van der Waals surface area contributed by atoms with E-state index >= 15 is 0 Å². The van der Waals surface area contributed by atoms with Crippen LogP contribution in [0.15, 0.2) is 48.7 Å². The first-order valence-corrected chi connectivity index (χ1v) is 7.58. The normalized spacial score (nSPS) is 10.5. The van der Waals surface area contributed by atoms with E-state index in [2.05, 4.69) is 5.10 Å². The topological polar surface area (TPSA) is 53.4 Å². The summed E-state index contributed by atoms with van der Waals surface area (Å²) in [5.74, 6) is 1.03. The minimum absolute atomic E-state index is 0.431. The van der Waals surface area contributed by atoms with Crippen LogP contribution in [0.25, 0.3) is 16.9 Å². The van der Waals surface area contributed by atoms with Gasteiger partial charge in [0.05, 0.1) is 42.4 Å². The number of rotatable bonds is 5. The number of aromatic nitrogens is 2. The fraction of sp³-hybridized carbons (Fsp3) is 0.111. The Morgan fingerprint density at radius 1 is 1.08 bits per heavy atom. The molecular formula is C18H15ClN2O3. The van der Waals surface area contributed by atoms with Crippen molar-refractivity contribution in [2.45, 2.75) is 0 Å². The van der Waals surface area contributed by atoms with E-state index in [1.54, 1.807) is 36.2 Å². The monoisotopic (exact) mass is 342 g/mol. The molecule has 2 aromatic carbocycles. The first kappa shape index (κ1) is 16.1. The Hall–Kier alpha value is -2.79. The first-order valence-electron chi connectivity index (χ1n) is 7.20. The summed E-state index contributed by atoms with van der Waals surface area (Å²) in [5, 5.41) is 4.93. The summed E-state index contributed by atoms with van der Waals surface area (Å²) in [6.45, 7) is 0. The van der Waals surface area contributed by atoms with Crippen molar-refractivity contribution in [1.82, 2.24) is 9.78 Å². The van der Waals surface area contributed by atoms with Crippen LogP contribution >= 0.6 is 11.6 Å². The standard InChI is InChI=1S/C18H15ClN2O3/c1-23-17-10-18(24-2)13(9-12(17)11-22)15-7-8-20-21(15)16-6-4-3-5-14(16)19/h3-11H,1-2H3. The molecule has 1 heterocycles. The summed E-state index contributed by atoms with van der Waals surface area (Å²) < 4.78 is 12.4. The fourth-order valence-electron chi connectivity index (χ4n) is 2.54. The van der Waals surface area contributed by atoms with Crippen molar-refractivity contribution in [1.29, 1.82) is 0 Å². The van der Waals surface area contributed by atoms with Gasteiger partial charge in [-0.2, -0.15) is 5.10 Å². The van der Waals surface area contributed by atoms with Crippen LogP contribution in [-0.4, -0.2) is 30.3 Å². The second-order valence-electron chi connectivity index (χ2n) is 4.99. The lowest BCUT2D eigenvalue weighted by Gasteiger charge is -2.14. The number of carbonyl (C=O) groups excluding carboxylic acids is 1. The van der Waals surface area contributed by atoms with E-state index in [1.807, 2.05) is 24.3 Å². The molecule has 24 heavy (non-hydrogen) atoms. The summed E-state index contributed by atoms with van der Waals surface area (Å²) in [6, 6.07) is 12.6. The Labute approximate surface area is 144 Å². The fourth-order valence-corrected chi connectivity index (χ4v) is 2.75.